The lowest BCUT2D eigenvalue weighted by Crippen LogP contribution is -1.98. The molecule has 2 aromatic rings. The summed E-state index contributed by atoms with van der Waals surface area (Å²) < 4.78 is 3.53. The molecule has 1 aromatic heterocycles. The molecule has 86 valence electrons. The minimum absolute atomic E-state index is 0.496. The summed E-state index contributed by atoms with van der Waals surface area (Å²) in [4.78, 5) is 0. The van der Waals surface area contributed by atoms with Gasteiger partial charge in [0, 0.05) is 27.6 Å². The van der Waals surface area contributed by atoms with Crippen molar-refractivity contribution in [3.8, 4) is 0 Å². The lowest BCUT2D eigenvalue weighted by molar-refractivity contribution is 0.622. The number of hydrogen-bond acceptors (Lipinski definition) is 0. The van der Waals surface area contributed by atoms with Gasteiger partial charge >= 0.3 is 0 Å². The molecule has 0 aliphatic rings. The van der Waals surface area contributed by atoms with Gasteiger partial charge in [-0.05, 0) is 47.3 Å². The van der Waals surface area contributed by atoms with E-state index in [4.69, 9.17) is 0 Å². The Bertz CT molecular complexity index is 509. The van der Waals surface area contributed by atoms with E-state index < -0.39 is 0 Å². The van der Waals surface area contributed by atoms with Crippen LogP contribution in [0.15, 0.2) is 28.9 Å². The van der Waals surface area contributed by atoms with Crippen molar-refractivity contribution in [2.24, 2.45) is 0 Å². The number of benzene rings is 1. The van der Waals surface area contributed by atoms with E-state index in [1.165, 1.54) is 20.9 Å². The molecule has 1 nitrogen and oxygen atoms in total. The quantitative estimate of drug-likeness (QED) is 0.720. The first-order valence-corrected chi connectivity index (χ1v) is 6.60. The lowest BCUT2D eigenvalue weighted by atomic mass is 9.99. The van der Waals surface area contributed by atoms with E-state index in [2.05, 4.69) is 72.6 Å². The van der Waals surface area contributed by atoms with Crippen LogP contribution in [-0.2, 0) is 0 Å². The Balaban J connectivity index is 2.79. The fourth-order valence-electron chi connectivity index (χ4n) is 2.20. The standard InChI is InChI=1S/C14H18BrN/c1-9(2)11-6-5-7-13-14(11)12(15)8-16(13)10(3)4/h5-10H,1-4H3. The van der Waals surface area contributed by atoms with Crippen molar-refractivity contribution in [2.45, 2.75) is 39.7 Å². The highest BCUT2D eigenvalue weighted by atomic mass is 79.9. The second kappa shape index (κ2) is 4.25. The van der Waals surface area contributed by atoms with Gasteiger partial charge in [0.1, 0.15) is 0 Å². The first-order valence-electron chi connectivity index (χ1n) is 5.81. The first kappa shape index (κ1) is 11.7. The average molecular weight is 280 g/mol. The van der Waals surface area contributed by atoms with Crippen LogP contribution in [0.4, 0.5) is 0 Å². The number of hydrogen-bond donors (Lipinski definition) is 0. The molecule has 1 aromatic carbocycles. The summed E-state index contributed by atoms with van der Waals surface area (Å²) in [5.74, 6) is 0.558. The predicted molar refractivity (Wildman–Crippen MR) is 74.1 cm³/mol. The van der Waals surface area contributed by atoms with Crippen molar-refractivity contribution in [3.63, 3.8) is 0 Å². The van der Waals surface area contributed by atoms with Crippen LogP contribution in [0, 0.1) is 0 Å². The third-order valence-electron chi connectivity index (χ3n) is 3.02. The number of rotatable bonds is 2. The van der Waals surface area contributed by atoms with E-state index >= 15 is 0 Å². The Morgan fingerprint density at radius 3 is 2.38 bits per heavy atom. The fourth-order valence-corrected chi connectivity index (χ4v) is 2.85. The van der Waals surface area contributed by atoms with Gasteiger partial charge in [-0.3, -0.25) is 0 Å². The topological polar surface area (TPSA) is 4.93 Å². The molecule has 2 rings (SSSR count). The molecule has 0 saturated carbocycles. The fraction of sp³-hybridized carbons (Fsp3) is 0.429. The highest BCUT2D eigenvalue weighted by molar-refractivity contribution is 9.10. The van der Waals surface area contributed by atoms with Crippen LogP contribution in [0.3, 0.4) is 0 Å². The Morgan fingerprint density at radius 2 is 1.81 bits per heavy atom. The maximum Gasteiger partial charge on any atom is 0.0497 e. The molecule has 0 spiro atoms. The smallest absolute Gasteiger partial charge is 0.0497 e. The molecule has 0 aliphatic carbocycles. The molecule has 0 N–H and O–H groups in total. The summed E-state index contributed by atoms with van der Waals surface area (Å²) in [7, 11) is 0. The van der Waals surface area contributed by atoms with E-state index in [0.29, 0.717) is 12.0 Å². The van der Waals surface area contributed by atoms with Crippen LogP contribution in [0.25, 0.3) is 10.9 Å². The molecule has 0 saturated heterocycles. The summed E-state index contributed by atoms with van der Waals surface area (Å²) in [5, 5.41) is 1.37. The van der Waals surface area contributed by atoms with Crippen LogP contribution in [0.5, 0.6) is 0 Å². The van der Waals surface area contributed by atoms with Crippen LogP contribution in [0.1, 0.15) is 45.2 Å². The lowest BCUT2D eigenvalue weighted by Gasteiger charge is -2.11. The summed E-state index contributed by atoms with van der Waals surface area (Å²) >= 11 is 3.68. The maximum atomic E-state index is 3.68. The number of aromatic nitrogens is 1. The molecule has 0 aliphatic heterocycles. The van der Waals surface area contributed by atoms with Gasteiger partial charge in [-0.25, -0.2) is 0 Å². The minimum atomic E-state index is 0.496. The molecule has 0 bridgehead atoms. The maximum absolute atomic E-state index is 3.68. The Hall–Kier alpha value is -0.760. The second-order valence-corrected chi connectivity index (χ2v) is 5.73. The molecule has 16 heavy (non-hydrogen) atoms. The molecule has 0 unspecified atom stereocenters. The van der Waals surface area contributed by atoms with Gasteiger partial charge in [-0.15, -0.1) is 0 Å². The third-order valence-corrected chi connectivity index (χ3v) is 3.62. The van der Waals surface area contributed by atoms with Gasteiger partial charge in [-0.1, -0.05) is 26.0 Å². The zero-order valence-corrected chi connectivity index (χ0v) is 11.9. The zero-order valence-electron chi connectivity index (χ0n) is 10.3. The van der Waals surface area contributed by atoms with Gasteiger partial charge < -0.3 is 4.57 Å². The van der Waals surface area contributed by atoms with Gasteiger partial charge in [0.25, 0.3) is 0 Å². The molecule has 0 atom stereocenters. The van der Waals surface area contributed by atoms with Gasteiger partial charge in [0.05, 0.1) is 0 Å². The number of nitrogens with zero attached hydrogens (tertiary/aromatic N) is 1. The van der Waals surface area contributed by atoms with Gasteiger partial charge in [0.2, 0.25) is 0 Å². The normalized spacial score (nSPS) is 11.9. The zero-order chi connectivity index (χ0) is 11.9. The van der Waals surface area contributed by atoms with E-state index in [1.54, 1.807) is 0 Å². The second-order valence-electron chi connectivity index (χ2n) is 4.87. The SMILES string of the molecule is CC(C)c1cccc2c1c(Br)cn2C(C)C. The molecule has 0 amide bonds. The molecular weight excluding hydrogens is 262 g/mol. The molecular formula is C14H18BrN. The first-order chi connectivity index (χ1) is 7.52. The molecule has 0 radical (unpaired) electrons. The summed E-state index contributed by atoms with van der Waals surface area (Å²) in [6.07, 6.45) is 2.20. The van der Waals surface area contributed by atoms with Crippen molar-refractivity contribution in [1.29, 1.82) is 0 Å². The summed E-state index contributed by atoms with van der Waals surface area (Å²) in [6.45, 7) is 8.92. The monoisotopic (exact) mass is 279 g/mol. The van der Waals surface area contributed by atoms with Crippen LogP contribution in [0.2, 0.25) is 0 Å². The molecule has 2 heteroatoms. The van der Waals surface area contributed by atoms with Crippen molar-refractivity contribution in [3.05, 3.63) is 34.4 Å². The molecule has 0 fully saturated rings. The number of fused-ring (bicyclic) bond motifs is 1. The summed E-state index contributed by atoms with van der Waals surface area (Å²) in [6, 6.07) is 7.08. The van der Waals surface area contributed by atoms with Crippen molar-refractivity contribution < 1.29 is 0 Å². The Kier molecular flexibility index (Phi) is 3.11. The van der Waals surface area contributed by atoms with Gasteiger partial charge in [-0.2, -0.15) is 0 Å². The van der Waals surface area contributed by atoms with Crippen LogP contribution in [-0.4, -0.2) is 4.57 Å². The van der Waals surface area contributed by atoms with Crippen molar-refractivity contribution in [2.75, 3.05) is 0 Å². The van der Waals surface area contributed by atoms with Crippen LogP contribution < -0.4 is 0 Å². The van der Waals surface area contributed by atoms with Crippen molar-refractivity contribution in [1.82, 2.24) is 4.57 Å². The van der Waals surface area contributed by atoms with Gasteiger partial charge in [0.15, 0.2) is 0 Å². The Morgan fingerprint density at radius 1 is 1.12 bits per heavy atom. The van der Waals surface area contributed by atoms with E-state index in [9.17, 15) is 0 Å². The summed E-state index contributed by atoms with van der Waals surface area (Å²) in [5.41, 5.74) is 2.75. The third kappa shape index (κ3) is 1.80. The van der Waals surface area contributed by atoms with E-state index in [0.717, 1.165) is 0 Å². The molecule has 1 heterocycles. The van der Waals surface area contributed by atoms with E-state index in [-0.39, 0.29) is 0 Å². The largest absolute Gasteiger partial charge is 0.344 e. The minimum Gasteiger partial charge on any atom is -0.344 e. The Labute approximate surface area is 106 Å². The number of halogens is 1. The van der Waals surface area contributed by atoms with Crippen LogP contribution >= 0.6 is 15.9 Å². The van der Waals surface area contributed by atoms with E-state index in [1.807, 2.05) is 0 Å². The van der Waals surface area contributed by atoms with Crippen molar-refractivity contribution >= 4 is 26.8 Å². The highest BCUT2D eigenvalue weighted by Gasteiger charge is 2.13. The highest BCUT2D eigenvalue weighted by Crippen LogP contribution is 2.34. The average Bonchev–Trinajstić information content (AvgIpc) is 2.56. The predicted octanol–water partition coefficient (Wildman–Crippen LogP) is 5.11.